The van der Waals surface area contributed by atoms with Crippen molar-refractivity contribution in [1.29, 1.82) is 0 Å². The first-order chi connectivity index (χ1) is 7.77. The van der Waals surface area contributed by atoms with Gasteiger partial charge in [-0.15, -0.1) is 10.2 Å². The van der Waals surface area contributed by atoms with E-state index in [0.29, 0.717) is 0 Å². The summed E-state index contributed by atoms with van der Waals surface area (Å²) in [7, 11) is 0. The molecule has 0 saturated carbocycles. The monoisotopic (exact) mass is 235 g/mol. The van der Waals surface area contributed by atoms with Crippen molar-refractivity contribution >= 4 is 16.5 Å². The summed E-state index contributed by atoms with van der Waals surface area (Å²) in [5, 5.41) is 9.23. The van der Waals surface area contributed by atoms with Gasteiger partial charge in [0.05, 0.1) is 11.3 Å². The first-order valence-corrected chi connectivity index (χ1v) is 6.19. The fraction of sp³-hybridized carbons (Fsp3) is 0.500. The van der Waals surface area contributed by atoms with Crippen LogP contribution in [0.3, 0.4) is 0 Å². The summed E-state index contributed by atoms with van der Waals surface area (Å²) in [5.41, 5.74) is 7.85. The van der Waals surface area contributed by atoms with Crippen molar-refractivity contribution in [2.45, 2.75) is 32.7 Å². The molecule has 0 spiro atoms. The molecule has 5 nitrogen and oxygen atoms in total. The summed E-state index contributed by atoms with van der Waals surface area (Å²) in [4.78, 5) is 0. The zero-order chi connectivity index (χ0) is 11.1. The Morgan fingerprint density at radius 1 is 1.31 bits per heavy atom. The smallest absolute Gasteiger partial charge is 0.168 e. The highest BCUT2D eigenvalue weighted by atomic mass is 32.1. The van der Waals surface area contributed by atoms with Crippen molar-refractivity contribution in [3.8, 4) is 11.4 Å². The molecular formula is C10H13N5S. The first-order valence-electron chi connectivity index (χ1n) is 5.41. The van der Waals surface area contributed by atoms with Gasteiger partial charge in [0.25, 0.3) is 0 Å². The van der Waals surface area contributed by atoms with E-state index in [4.69, 9.17) is 5.73 Å². The Balaban J connectivity index is 2.17. The fourth-order valence-corrected chi connectivity index (χ4v) is 2.81. The van der Waals surface area contributed by atoms with Gasteiger partial charge in [-0.25, -0.2) is 0 Å². The highest BCUT2D eigenvalue weighted by molar-refractivity contribution is 7.10. The molecule has 0 amide bonds. The van der Waals surface area contributed by atoms with Crippen molar-refractivity contribution < 1.29 is 0 Å². The lowest BCUT2D eigenvalue weighted by Crippen LogP contribution is -2.11. The van der Waals surface area contributed by atoms with Crippen LogP contribution < -0.4 is 5.73 Å². The van der Waals surface area contributed by atoms with Crippen LogP contribution in [-0.2, 0) is 13.0 Å². The summed E-state index contributed by atoms with van der Waals surface area (Å²) in [6.45, 7) is 2.96. The van der Waals surface area contributed by atoms with Crippen LogP contribution in [0.25, 0.3) is 11.4 Å². The molecule has 3 rings (SSSR count). The van der Waals surface area contributed by atoms with Gasteiger partial charge >= 0.3 is 0 Å². The number of nitrogen functional groups attached to an aromatic ring is 1. The minimum Gasteiger partial charge on any atom is -0.389 e. The van der Waals surface area contributed by atoms with Crippen LogP contribution in [-0.4, -0.2) is 19.1 Å². The predicted octanol–water partition coefficient (Wildman–Crippen LogP) is 1.63. The van der Waals surface area contributed by atoms with E-state index in [1.807, 2.05) is 6.92 Å². The van der Waals surface area contributed by atoms with E-state index in [1.54, 1.807) is 0 Å². The van der Waals surface area contributed by atoms with Gasteiger partial charge in [0.1, 0.15) is 10.8 Å². The maximum absolute atomic E-state index is 5.94. The van der Waals surface area contributed by atoms with Crippen LogP contribution >= 0.6 is 11.5 Å². The summed E-state index contributed by atoms with van der Waals surface area (Å²) >= 11 is 1.33. The summed E-state index contributed by atoms with van der Waals surface area (Å²) in [6, 6.07) is 0. The molecule has 0 saturated heterocycles. The minimum atomic E-state index is 0.735. The molecule has 1 aliphatic rings. The van der Waals surface area contributed by atoms with Crippen LogP contribution in [0.4, 0.5) is 5.00 Å². The fourth-order valence-electron chi connectivity index (χ4n) is 2.15. The third kappa shape index (κ3) is 1.33. The Morgan fingerprint density at radius 3 is 2.94 bits per heavy atom. The Bertz CT molecular complexity index is 508. The lowest BCUT2D eigenvalue weighted by atomic mass is 10.1. The molecular weight excluding hydrogens is 222 g/mol. The highest BCUT2D eigenvalue weighted by Crippen LogP contribution is 2.32. The Morgan fingerprint density at radius 2 is 2.19 bits per heavy atom. The van der Waals surface area contributed by atoms with Crippen molar-refractivity contribution in [1.82, 2.24) is 19.1 Å². The van der Waals surface area contributed by atoms with Gasteiger partial charge in [0.15, 0.2) is 5.82 Å². The average Bonchev–Trinajstić information content (AvgIpc) is 2.83. The van der Waals surface area contributed by atoms with E-state index in [0.717, 1.165) is 40.9 Å². The number of hydrogen-bond donors (Lipinski definition) is 1. The first kappa shape index (κ1) is 9.77. The number of aromatic nitrogens is 4. The van der Waals surface area contributed by atoms with Crippen LogP contribution in [0.15, 0.2) is 0 Å². The topological polar surface area (TPSA) is 69.6 Å². The molecule has 2 aromatic heterocycles. The molecule has 0 aliphatic carbocycles. The lowest BCUT2D eigenvalue weighted by Gasteiger charge is -2.14. The maximum Gasteiger partial charge on any atom is 0.168 e. The van der Waals surface area contributed by atoms with E-state index in [2.05, 4.69) is 19.1 Å². The van der Waals surface area contributed by atoms with Crippen molar-refractivity contribution in [2.24, 2.45) is 0 Å². The molecule has 0 atom stereocenters. The molecule has 16 heavy (non-hydrogen) atoms. The third-order valence-corrected chi connectivity index (χ3v) is 3.74. The summed E-state index contributed by atoms with van der Waals surface area (Å²) < 4.78 is 6.43. The van der Waals surface area contributed by atoms with Gasteiger partial charge in [0.2, 0.25) is 0 Å². The second-order valence-electron chi connectivity index (χ2n) is 4.06. The van der Waals surface area contributed by atoms with Crippen LogP contribution in [0, 0.1) is 6.92 Å². The average molecular weight is 235 g/mol. The zero-order valence-electron chi connectivity index (χ0n) is 9.10. The minimum absolute atomic E-state index is 0.735. The van der Waals surface area contributed by atoms with Gasteiger partial charge in [-0.2, -0.15) is 4.37 Å². The van der Waals surface area contributed by atoms with E-state index < -0.39 is 0 Å². The number of rotatable bonds is 1. The quantitative estimate of drug-likeness (QED) is 0.815. The predicted molar refractivity (Wildman–Crippen MR) is 63.2 cm³/mol. The second kappa shape index (κ2) is 3.55. The van der Waals surface area contributed by atoms with Crippen molar-refractivity contribution in [2.75, 3.05) is 5.73 Å². The SMILES string of the molecule is Cc1nsc(N)c1-c1nnc2n1CCCC2. The number of hydrogen-bond acceptors (Lipinski definition) is 5. The van der Waals surface area contributed by atoms with Gasteiger partial charge in [-0.3, -0.25) is 0 Å². The molecule has 0 aromatic carbocycles. The van der Waals surface area contributed by atoms with Gasteiger partial charge < -0.3 is 10.3 Å². The Hall–Kier alpha value is -1.43. The molecule has 6 heteroatoms. The Labute approximate surface area is 97.5 Å². The normalized spacial score (nSPS) is 15.1. The van der Waals surface area contributed by atoms with E-state index in [9.17, 15) is 0 Å². The molecule has 0 unspecified atom stereocenters. The molecule has 1 aliphatic heterocycles. The van der Waals surface area contributed by atoms with Crippen molar-refractivity contribution in [3.05, 3.63) is 11.5 Å². The van der Waals surface area contributed by atoms with Crippen LogP contribution in [0.1, 0.15) is 24.4 Å². The van der Waals surface area contributed by atoms with E-state index in [1.165, 1.54) is 24.4 Å². The number of nitrogens with zero attached hydrogens (tertiary/aromatic N) is 4. The number of nitrogens with two attached hydrogens (primary N) is 1. The molecule has 2 aromatic rings. The lowest BCUT2D eigenvalue weighted by molar-refractivity contribution is 0.526. The van der Waals surface area contributed by atoms with Crippen molar-refractivity contribution in [3.63, 3.8) is 0 Å². The molecule has 3 heterocycles. The molecule has 2 N–H and O–H groups in total. The number of aryl methyl sites for hydroxylation is 2. The zero-order valence-corrected chi connectivity index (χ0v) is 9.92. The Kier molecular flexibility index (Phi) is 2.17. The van der Waals surface area contributed by atoms with E-state index in [-0.39, 0.29) is 0 Å². The van der Waals surface area contributed by atoms with Gasteiger partial charge in [-0.05, 0) is 31.3 Å². The van der Waals surface area contributed by atoms with Crippen LogP contribution in [0.2, 0.25) is 0 Å². The largest absolute Gasteiger partial charge is 0.389 e. The maximum atomic E-state index is 5.94. The number of fused-ring (bicyclic) bond motifs is 1. The molecule has 84 valence electrons. The van der Waals surface area contributed by atoms with Crippen LogP contribution in [0.5, 0.6) is 0 Å². The number of anilines is 1. The third-order valence-electron chi connectivity index (χ3n) is 2.97. The second-order valence-corrected chi connectivity index (χ2v) is 4.86. The highest BCUT2D eigenvalue weighted by Gasteiger charge is 2.21. The van der Waals surface area contributed by atoms with Gasteiger partial charge in [0, 0.05) is 13.0 Å². The molecule has 0 fully saturated rings. The van der Waals surface area contributed by atoms with Gasteiger partial charge in [-0.1, -0.05) is 0 Å². The molecule has 0 bridgehead atoms. The standard InChI is InChI=1S/C10H13N5S/c1-6-8(9(11)16-14-6)10-13-12-7-4-2-3-5-15(7)10/h2-5,11H2,1H3. The van der Waals surface area contributed by atoms with E-state index >= 15 is 0 Å². The summed E-state index contributed by atoms with van der Waals surface area (Å²) in [6.07, 6.45) is 3.41. The molecule has 0 radical (unpaired) electrons. The summed E-state index contributed by atoms with van der Waals surface area (Å²) in [5.74, 6) is 1.96.